The van der Waals surface area contributed by atoms with Gasteiger partial charge < -0.3 is 9.84 Å². The van der Waals surface area contributed by atoms with Crippen molar-refractivity contribution >= 4 is 17.9 Å². The Bertz CT molecular complexity index is 323. The Hall–Kier alpha value is -1.06. The topological polar surface area (TPSA) is 46.5 Å². The summed E-state index contributed by atoms with van der Waals surface area (Å²) >= 11 is 5.77. The fourth-order valence-corrected chi connectivity index (χ4v) is 1.18. The predicted molar refractivity (Wildman–Crippen MR) is 54.0 cm³/mol. The van der Waals surface area contributed by atoms with Gasteiger partial charge in [-0.2, -0.15) is 0 Å². The number of ether oxygens (including phenoxy) is 1. The fraction of sp³-hybridized carbons (Fsp3) is 0.300. The molecule has 3 nitrogen and oxygen atoms in total. The number of hydrogen-bond acceptors (Lipinski definition) is 3. The molecule has 1 rings (SSSR count). The highest BCUT2D eigenvalue weighted by atomic mass is 35.5. The Morgan fingerprint density at radius 1 is 1.64 bits per heavy atom. The van der Waals surface area contributed by atoms with Crippen molar-refractivity contribution in [3.05, 3.63) is 28.8 Å². The van der Waals surface area contributed by atoms with Crippen molar-refractivity contribution < 1.29 is 14.6 Å². The summed E-state index contributed by atoms with van der Waals surface area (Å²) in [4.78, 5) is 10.7. The van der Waals surface area contributed by atoms with Gasteiger partial charge >= 0.3 is 0 Å². The highest BCUT2D eigenvalue weighted by Gasteiger charge is 2.07. The number of halogens is 1. The molecule has 1 aromatic carbocycles. The molecule has 0 aliphatic rings. The van der Waals surface area contributed by atoms with Crippen LogP contribution in [0.1, 0.15) is 17.3 Å². The van der Waals surface area contributed by atoms with Crippen LogP contribution in [0.25, 0.3) is 0 Å². The van der Waals surface area contributed by atoms with Gasteiger partial charge in [0.05, 0.1) is 16.7 Å². The second-order valence-corrected chi connectivity index (χ2v) is 3.34. The summed E-state index contributed by atoms with van der Waals surface area (Å²) in [6.45, 7) is 1.74. The number of carbonyl (C=O) groups is 1. The summed E-state index contributed by atoms with van der Waals surface area (Å²) in [5, 5.41) is 9.35. The summed E-state index contributed by atoms with van der Waals surface area (Å²) in [6.07, 6.45) is 0.0631. The van der Waals surface area contributed by atoms with Crippen LogP contribution in [0.2, 0.25) is 5.02 Å². The Labute approximate surface area is 87.3 Å². The SMILES string of the molecule is CC(O)COc1cccc(Cl)c1C=O. The second kappa shape index (κ2) is 4.98. The van der Waals surface area contributed by atoms with Crippen molar-refractivity contribution in [1.82, 2.24) is 0 Å². The number of benzene rings is 1. The molecule has 0 bridgehead atoms. The molecular weight excluding hydrogens is 204 g/mol. The first kappa shape index (κ1) is 11.0. The lowest BCUT2D eigenvalue weighted by Gasteiger charge is -2.10. The van der Waals surface area contributed by atoms with E-state index in [1.54, 1.807) is 25.1 Å². The molecule has 0 aliphatic carbocycles. The van der Waals surface area contributed by atoms with Gasteiger partial charge in [-0.05, 0) is 19.1 Å². The van der Waals surface area contributed by atoms with Gasteiger partial charge in [-0.15, -0.1) is 0 Å². The van der Waals surface area contributed by atoms with Crippen LogP contribution >= 0.6 is 11.6 Å². The Morgan fingerprint density at radius 3 is 2.93 bits per heavy atom. The largest absolute Gasteiger partial charge is 0.490 e. The van der Waals surface area contributed by atoms with E-state index in [9.17, 15) is 4.79 Å². The smallest absolute Gasteiger partial charge is 0.155 e. The third kappa shape index (κ3) is 2.72. The van der Waals surface area contributed by atoms with E-state index in [1.165, 1.54) is 0 Å². The van der Waals surface area contributed by atoms with Crippen molar-refractivity contribution in [2.75, 3.05) is 6.61 Å². The van der Waals surface area contributed by atoms with E-state index in [2.05, 4.69) is 0 Å². The minimum Gasteiger partial charge on any atom is -0.490 e. The monoisotopic (exact) mass is 214 g/mol. The molecule has 1 aromatic rings. The number of aliphatic hydroxyl groups is 1. The van der Waals surface area contributed by atoms with Crippen molar-refractivity contribution in [2.45, 2.75) is 13.0 Å². The molecule has 0 aliphatic heterocycles. The number of carbonyl (C=O) groups excluding carboxylic acids is 1. The minimum atomic E-state index is -0.575. The molecule has 1 unspecified atom stereocenters. The fourth-order valence-electron chi connectivity index (χ4n) is 0.968. The highest BCUT2D eigenvalue weighted by Crippen LogP contribution is 2.24. The predicted octanol–water partition coefficient (Wildman–Crippen LogP) is 1.91. The van der Waals surface area contributed by atoms with E-state index in [0.717, 1.165) is 0 Å². The lowest BCUT2D eigenvalue weighted by atomic mass is 10.2. The first-order valence-corrected chi connectivity index (χ1v) is 4.57. The molecule has 1 N–H and O–H groups in total. The summed E-state index contributed by atoms with van der Waals surface area (Å²) in [7, 11) is 0. The summed E-state index contributed by atoms with van der Waals surface area (Å²) in [6, 6.07) is 4.94. The van der Waals surface area contributed by atoms with Gasteiger partial charge in [0.15, 0.2) is 6.29 Å². The zero-order valence-electron chi connectivity index (χ0n) is 7.74. The average molecular weight is 215 g/mol. The molecular formula is C10H11ClO3. The second-order valence-electron chi connectivity index (χ2n) is 2.93. The molecule has 0 spiro atoms. The van der Waals surface area contributed by atoms with E-state index < -0.39 is 6.10 Å². The molecule has 76 valence electrons. The Kier molecular flexibility index (Phi) is 3.92. The lowest BCUT2D eigenvalue weighted by Crippen LogP contribution is -2.13. The molecule has 1 atom stereocenters. The van der Waals surface area contributed by atoms with E-state index >= 15 is 0 Å². The molecule has 0 radical (unpaired) electrons. The zero-order valence-corrected chi connectivity index (χ0v) is 8.49. The average Bonchev–Trinajstić information content (AvgIpc) is 2.14. The maximum atomic E-state index is 10.7. The van der Waals surface area contributed by atoms with Crippen LogP contribution in [-0.4, -0.2) is 24.1 Å². The van der Waals surface area contributed by atoms with Crippen LogP contribution in [0.15, 0.2) is 18.2 Å². The maximum absolute atomic E-state index is 10.7. The first-order chi connectivity index (χ1) is 6.65. The van der Waals surface area contributed by atoms with Gasteiger partial charge in [0, 0.05) is 0 Å². The van der Waals surface area contributed by atoms with Crippen LogP contribution in [0, 0.1) is 0 Å². The molecule has 4 heteroatoms. The van der Waals surface area contributed by atoms with Gasteiger partial charge in [-0.3, -0.25) is 4.79 Å². The molecule has 0 heterocycles. The molecule has 0 aromatic heterocycles. The first-order valence-electron chi connectivity index (χ1n) is 4.19. The van der Waals surface area contributed by atoms with Gasteiger partial charge in [-0.25, -0.2) is 0 Å². The molecule has 0 saturated heterocycles. The van der Waals surface area contributed by atoms with Gasteiger partial charge in [-0.1, -0.05) is 17.7 Å². The minimum absolute atomic E-state index is 0.140. The third-order valence-corrected chi connectivity index (χ3v) is 1.94. The van der Waals surface area contributed by atoms with Crippen LogP contribution < -0.4 is 4.74 Å². The molecule has 0 saturated carbocycles. The van der Waals surface area contributed by atoms with Crippen LogP contribution in [0.4, 0.5) is 0 Å². The zero-order chi connectivity index (χ0) is 10.6. The summed E-state index contributed by atoms with van der Waals surface area (Å²) in [5.74, 6) is 0.397. The van der Waals surface area contributed by atoms with E-state index in [4.69, 9.17) is 21.4 Å². The third-order valence-electron chi connectivity index (χ3n) is 1.61. The normalized spacial score (nSPS) is 12.2. The van der Waals surface area contributed by atoms with Gasteiger partial charge in [0.2, 0.25) is 0 Å². The number of hydrogen-bond donors (Lipinski definition) is 1. The summed E-state index contributed by atoms with van der Waals surface area (Å²) in [5.41, 5.74) is 0.315. The van der Waals surface area contributed by atoms with E-state index in [-0.39, 0.29) is 6.61 Å². The Balaban J connectivity index is 2.85. The Morgan fingerprint density at radius 2 is 2.36 bits per heavy atom. The quantitative estimate of drug-likeness (QED) is 0.779. The molecule has 0 amide bonds. The van der Waals surface area contributed by atoms with Crippen molar-refractivity contribution in [3.63, 3.8) is 0 Å². The van der Waals surface area contributed by atoms with Crippen LogP contribution in [-0.2, 0) is 0 Å². The van der Waals surface area contributed by atoms with Crippen LogP contribution in [0.3, 0.4) is 0 Å². The van der Waals surface area contributed by atoms with E-state index in [0.29, 0.717) is 22.6 Å². The number of rotatable bonds is 4. The lowest BCUT2D eigenvalue weighted by molar-refractivity contribution is 0.109. The number of aldehydes is 1. The molecule has 0 fully saturated rings. The van der Waals surface area contributed by atoms with Crippen LogP contribution in [0.5, 0.6) is 5.75 Å². The van der Waals surface area contributed by atoms with Gasteiger partial charge in [0.25, 0.3) is 0 Å². The standard InChI is InChI=1S/C10H11ClO3/c1-7(13)6-14-10-4-2-3-9(11)8(10)5-12/h2-5,7,13H,6H2,1H3. The molecule has 14 heavy (non-hydrogen) atoms. The van der Waals surface area contributed by atoms with Crippen molar-refractivity contribution in [3.8, 4) is 5.75 Å². The van der Waals surface area contributed by atoms with Crippen molar-refractivity contribution in [1.29, 1.82) is 0 Å². The van der Waals surface area contributed by atoms with Crippen molar-refractivity contribution in [2.24, 2.45) is 0 Å². The maximum Gasteiger partial charge on any atom is 0.155 e. The highest BCUT2D eigenvalue weighted by molar-refractivity contribution is 6.33. The van der Waals surface area contributed by atoms with Gasteiger partial charge in [0.1, 0.15) is 12.4 Å². The summed E-state index contributed by atoms with van der Waals surface area (Å²) < 4.78 is 5.20. The number of aliphatic hydroxyl groups excluding tert-OH is 1. The van der Waals surface area contributed by atoms with E-state index in [1.807, 2.05) is 0 Å².